The van der Waals surface area contributed by atoms with Crippen molar-refractivity contribution in [2.75, 3.05) is 12.5 Å². The van der Waals surface area contributed by atoms with Gasteiger partial charge in [0.25, 0.3) is 0 Å². The van der Waals surface area contributed by atoms with Gasteiger partial charge in [-0.3, -0.25) is 5.84 Å². The number of para-hydroxylation sites is 1. The fourth-order valence-electron chi connectivity index (χ4n) is 1.79. The number of anilines is 1. The molecule has 0 radical (unpaired) electrons. The maximum absolute atomic E-state index is 5.51. The summed E-state index contributed by atoms with van der Waals surface area (Å²) in [7, 11) is 1.65. The summed E-state index contributed by atoms with van der Waals surface area (Å²) < 4.78 is 5.09. The van der Waals surface area contributed by atoms with E-state index in [-0.39, 0.29) is 0 Å². The molecule has 0 aliphatic rings. The van der Waals surface area contributed by atoms with Crippen molar-refractivity contribution in [3.63, 3.8) is 0 Å². The van der Waals surface area contributed by atoms with Crippen LogP contribution in [0.2, 0.25) is 0 Å². The number of hydrogen-bond acceptors (Lipinski definition) is 4. The van der Waals surface area contributed by atoms with Gasteiger partial charge in [-0.1, -0.05) is 18.2 Å². The van der Waals surface area contributed by atoms with Gasteiger partial charge in [0.2, 0.25) is 0 Å². The van der Waals surface area contributed by atoms with E-state index in [4.69, 9.17) is 10.6 Å². The van der Waals surface area contributed by atoms with Gasteiger partial charge in [0.15, 0.2) is 0 Å². The third-order valence-corrected chi connectivity index (χ3v) is 2.54. The Balaban J connectivity index is 2.69. The Morgan fingerprint density at radius 1 is 1.44 bits per heavy atom. The molecule has 84 valence electrons. The lowest BCUT2D eigenvalue weighted by atomic mass is 10.1. The fraction of sp³-hybridized carbons (Fsp3) is 0.250. The molecule has 0 saturated carbocycles. The maximum atomic E-state index is 5.51. The molecule has 0 unspecified atom stereocenters. The zero-order chi connectivity index (χ0) is 11.5. The Kier molecular flexibility index (Phi) is 3.03. The third-order valence-electron chi connectivity index (χ3n) is 2.54. The van der Waals surface area contributed by atoms with Crippen LogP contribution in [0.4, 0.5) is 5.69 Å². The van der Waals surface area contributed by atoms with E-state index in [2.05, 4.69) is 10.4 Å². The predicted molar refractivity (Wildman–Crippen MR) is 65.0 cm³/mol. The standard InChI is InChI=1S/C12H15N3O/c1-8-4-3-5-10-11(15-13)6-9(7-16-2)14-12(8)10/h3-6H,7,13H2,1-2H3,(H,14,15). The van der Waals surface area contributed by atoms with Crippen LogP contribution in [-0.2, 0) is 11.3 Å². The van der Waals surface area contributed by atoms with Crippen molar-refractivity contribution in [3.05, 3.63) is 35.5 Å². The summed E-state index contributed by atoms with van der Waals surface area (Å²) in [5, 5.41) is 1.03. The first kappa shape index (κ1) is 10.9. The van der Waals surface area contributed by atoms with Gasteiger partial charge in [-0.25, -0.2) is 4.98 Å². The van der Waals surface area contributed by atoms with E-state index >= 15 is 0 Å². The molecule has 3 N–H and O–H groups in total. The van der Waals surface area contributed by atoms with E-state index in [0.29, 0.717) is 6.61 Å². The second kappa shape index (κ2) is 4.47. The van der Waals surface area contributed by atoms with Gasteiger partial charge in [0.05, 0.1) is 23.5 Å². The maximum Gasteiger partial charge on any atom is 0.0885 e. The van der Waals surface area contributed by atoms with Crippen molar-refractivity contribution in [1.82, 2.24) is 4.98 Å². The molecule has 2 rings (SSSR count). The summed E-state index contributed by atoms with van der Waals surface area (Å²) in [4.78, 5) is 4.55. The lowest BCUT2D eigenvalue weighted by Gasteiger charge is -2.10. The highest BCUT2D eigenvalue weighted by Gasteiger charge is 2.06. The van der Waals surface area contributed by atoms with E-state index in [9.17, 15) is 0 Å². The number of ether oxygens (including phenoxy) is 1. The molecule has 1 heterocycles. The zero-order valence-corrected chi connectivity index (χ0v) is 9.45. The molecular formula is C12H15N3O. The highest BCUT2D eigenvalue weighted by molar-refractivity contribution is 5.93. The molecule has 0 atom stereocenters. The van der Waals surface area contributed by atoms with Crippen LogP contribution in [0, 0.1) is 6.92 Å². The lowest BCUT2D eigenvalue weighted by molar-refractivity contribution is 0.182. The normalized spacial score (nSPS) is 10.7. The van der Waals surface area contributed by atoms with Crippen LogP contribution >= 0.6 is 0 Å². The van der Waals surface area contributed by atoms with Crippen LogP contribution in [0.1, 0.15) is 11.3 Å². The average molecular weight is 217 g/mol. The van der Waals surface area contributed by atoms with Crippen molar-refractivity contribution in [3.8, 4) is 0 Å². The van der Waals surface area contributed by atoms with Gasteiger partial charge in [-0.05, 0) is 18.6 Å². The van der Waals surface area contributed by atoms with Crippen LogP contribution in [-0.4, -0.2) is 12.1 Å². The van der Waals surface area contributed by atoms with Crippen molar-refractivity contribution in [2.45, 2.75) is 13.5 Å². The number of nitrogens with two attached hydrogens (primary N) is 1. The van der Waals surface area contributed by atoms with Crippen LogP contribution < -0.4 is 11.3 Å². The second-order valence-electron chi connectivity index (χ2n) is 3.71. The number of benzene rings is 1. The quantitative estimate of drug-likeness (QED) is 0.609. The Labute approximate surface area is 94.4 Å². The highest BCUT2D eigenvalue weighted by atomic mass is 16.5. The minimum Gasteiger partial charge on any atom is -0.378 e. The number of methoxy groups -OCH3 is 1. The first-order chi connectivity index (χ1) is 7.76. The molecule has 2 aromatic rings. The van der Waals surface area contributed by atoms with E-state index in [0.717, 1.165) is 27.8 Å². The molecule has 1 aromatic heterocycles. The number of rotatable bonds is 3. The Bertz CT molecular complexity index is 511. The molecule has 0 fully saturated rings. The Morgan fingerprint density at radius 3 is 2.94 bits per heavy atom. The third kappa shape index (κ3) is 1.85. The molecule has 4 nitrogen and oxygen atoms in total. The van der Waals surface area contributed by atoms with E-state index < -0.39 is 0 Å². The molecule has 16 heavy (non-hydrogen) atoms. The average Bonchev–Trinajstić information content (AvgIpc) is 2.30. The van der Waals surface area contributed by atoms with Crippen molar-refractivity contribution >= 4 is 16.6 Å². The Morgan fingerprint density at radius 2 is 2.25 bits per heavy atom. The summed E-state index contributed by atoms with van der Waals surface area (Å²) in [6, 6.07) is 7.94. The number of fused-ring (bicyclic) bond motifs is 1. The fourth-order valence-corrected chi connectivity index (χ4v) is 1.79. The zero-order valence-electron chi connectivity index (χ0n) is 9.45. The minimum absolute atomic E-state index is 0.485. The minimum atomic E-state index is 0.485. The molecule has 0 amide bonds. The number of hydrogen-bond donors (Lipinski definition) is 2. The van der Waals surface area contributed by atoms with Crippen LogP contribution in [0.25, 0.3) is 10.9 Å². The Hall–Kier alpha value is -1.65. The number of nitrogen functional groups attached to an aromatic ring is 1. The second-order valence-corrected chi connectivity index (χ2v) is 3.71. The van der Waals surface area contributed by atoms with Crippen molar-refractivity contribution < 1.29 is 4.74 Å². The van der Waals surface area contributed by atoms with E-state index in [1.165, 1.54) is 0 Å². The van der Waals surface area contributed by atoms with Gasteiger partial charge in [0.1, 0.15) is 0 Å². The first-order valence-electron chi connectivity index (χ1n) is 5.11. The number of nitrogens with one attached hydrogen (secondary N) is 1. The van der Waals surface area contributed by atoms with Gasteiger partial charge in [-0.2, -0.15) is 0 Å². The molecule has 0 aliphatic carbocycles. The molecule has 1 aromatic carbocycles. The summed E-state index contributed by atoms with van der Waals surface area (Å²) in [6.45, 7) is 2.52. The smallest absolute Gasteiger partial charge is 0.0885 e. The van der Waals surface area contributed by atoms with Gasteiger partial charge >= 0.3 is 0 Å². The molecule has 0 bridgehead atoms. The molecular weight excluding hydrogens is 202 g/mol. The van der Waals surface area contributed by atoms with Gasteiger partial charge in [0, 0.05) is 12.5 Å². The lowest BCUT2D eigenvalue weighted by Crippen LogP contribution is -2.09. The number of hydrazine groups is 1. The number of pyridine rings is 1. The van der Waals surface area contributed by atoms with Crippen LogP contribution in [0.5, 0.6) is 0 Å². The molecule has 0 saturated heterocycles. The molecule has 0 spiro atoms. The van der Waals surface area contributed by atoms with Crippen LogP contribution in [0.3, 0.4) is 0 Å². The van der Waals surface area contributed by atoms with Crippen molar-refractivity contribution in [2.24, 2.45) is 5.84 Å². The van der Waals surface area contributed by atoms with E-state index in [1.54, 1.807) is 7.11 Å². The van der Waals surface area contributed by atoms with E-state index in [1.807, 2.05) is 31.2 Å². The summed E-state index contributed by atoms with van der Waals surface area (Å²) >= 11 is 0. The summed E-state index contributed by atoms with van der Waals surface area (Å²) in [6.07, 6.45) is 0. The molecule has 0 aliphatic heterocycles. The summed E-state index contributed by atoms with van der Waals surface area (Å²) in [5.74, 6) is 5.51. The largest absolute Gasteiger partial charge is 0.378 e. The van der Waals surface area contributed by atoms with Gasteiger partial charge < -0.3 is 10.2 Å². The first-order valence-corrected chi connectivity index (χ1v) is 5.11. The molecule has 4 heteroatoms. The summed E-state index contributed by atoms with van der Waals surface area (Å²) in [5.41, 5.74) is 6.54. The van der Waals surface area contributed by atoms with Crippen LogP contribution in [0.15, 0.2) is 24.3 Å². The topological polar surface area (TPSA) is 60.2 Å². The van der Waals surface area contributed by atoms with Crippen molar-refractivity contribution in [1.29, 1.82) is 0 Å². The van der Waals surface area contributed by atoms with Gasteiger partial charge in [-0.15, -0.1) is 0 Å². The SMILES string of the molecule is COCc1cc(NN)c2cccc(C)c2n1. The highest BCUT2D eigenvalue weighted by Crippen LogP contribution is 2.24. The number of nitrogens with zero attached hydrogens (tertiary/aromatic N) is 1. The number of aromatic nitrogens is 1. The monoisotopic (exact) mass is 217 g/mol. The number of aryl methyl sites for hydroxylation is 1. The predicted octanol–water partition coefficient (Wildman–Crippen LogP) is 1.98.